The third-order valence-electron chi connectivity index (χ3n) is 2.97. The normalized spacial score (nSPS) is 12.6. The second-order valence-electron chi connectivity index (χ2n) is 4.53. The van der Waals surface area contributed by atoms with Crippen LogP contribution in [0.25, 0.3) is 0 Å². The van der Waals surface area contributed by atoms with Gasteiger partial charge in [-0.2, -0.15) is 0 Å². The molecule has 0 spiro atoms. The van der Waals surface area contributed by atoms with E-state index in [9.17, 15) is 8.78 Å². The van der Waals surface area contributed by atoms with Gasteiger partial charge in [-0.3, -0.25) is 0 Å². The van der Waals surface area contributed by atoms with Crippen LogP contribution in [0.1, 0.15) is 13.8 Å². The van der Waals surface area contributed by atoms with Crippen LogP contribution in [0.15, 0.2) is 12.1 Å². The van der Waals surface area contributed by atoms with Crippen molar-refractivity contribution in [2.75, 3.05) is 25.6 Å². The van der Waals surface area contributed by atoms with Crippen LogP contribution >= 0.6 is 0 Å². The monoisotopic (exact) mass is 259 g/mol. The lowest BCUT2D eigenvalue weighted by molar-refractivity contribution is 0.198. The number of benzene rings is 1. The van der Waals surface area contributed by atoms with E-state index in [0.29, 0.717) is 6.54 Å². The van der Waals surface area contributed by atoms with Gasteiger partial charge in [-0.05, 0) is 5.92 Å². The number of halogens is 2. The van der Waals surface area contributed by atoms with Gasteiger partial charge in [0.2, 0.25) is 0 Å². The van der Waals surface area contributed by atoms with Crippen LogP contribution in [0.2, 0.25) is 0 Å². The smallest absolute Gasteiger partial charge is 0.167 e. The molecule has 0 amide bonds. The maximum Gasteiger partial charge on any atom is 0.167 e. The van der Waals surface area contributed by atoms with Gasteiger partial charge >= 0.3 is 0 Å². The summed E-state index contributed by atoms with van der Waals surface area (Å²) in [6.07, 6.45) is 0. The van der Waals surface area contributed by atoms with Gasteiger partial charge in [-0.15, -0.1) is 0 Å². The van der Waals surface area contributed by atoms with Crippen molar-refractivity contribution in [2.45, 2.75) is 13.8 Å². The van der Waals surface area contributed by atoms with Gasteiger partial charge in [-0.25, -0.2) is 8.78 Å². The largest absolute Gasteiger partial charge is 0.494 e. The number of rotatable bonds is 6. The number of hydrogen-bond donors (Lipinski definition) is 2. The van der Waals surface area contributed by atoms with E-state index in [1.54, 1.807) is 0 Å². The van der Waals surface area contributed by atoms with Crippen LogP contribution in [0.4, 0.5) is 14.5 Å². The first-order valence-electron chi connectivity index (χ1n) is 5.87. The van der Waals surface area contributed by atoms with E-state index in [2.05, 4.69) is 10.1 Å². The molecule has 0 saturated heterocycles. The Morgan fingerprint density at radius 1 is 1.28 bits per heavy atom. The van der Waals surface area contributed by atoms with Crippen molar-refractivity contribution in [1.82, 2.24) is 0 Å². The third-order valence-corrected chi connectivity index (χ3v) is 2.97. The summed E-state index contributed by atoms with van der Waals surface area (Å²) in [7, 11) is 1.28. The van der Waals surface area contributed by atoms with E-state index in [0.717, 1.165) is 12.1 Å². The summed E-state index contributed by atoms with van der Waals surface area (Å²) >= 11 is 0. The third kappa shape index (κ3) is 3.57. The number of ether oxygens (including phenoxy) is 1. The fourth-order valence-electron chi connectivity index (χ4n) is 1.57. The Morgan fingerprint density at radius 3 is 2.44 bits per heavy atom. The Morgan fingerprint density at radius 2 is 1.94 bits per heavy atom. The number of aliphatic hydroxyl groups is 1. The maximum atomic E-state index is 13.6. The fraction of sp³-hybridized carbons (Fsp3) is 0.538. The predicted molar refractivity (Wildman–Crippen MR) is 66.8 cm³/mol. The van der Waals surface area contributed by atoms with E-state index < -0.39 is 11.6 Å². The highest BCUT2D eigenvalue weighted by Gasteiger charge is 2.14. The molecule has 3 nitrogen and oxygen atoms in total. The first-order valence-corrected chi connectivity index (χ1v) is 5.87. The Kier molecular flexibility index (Phi) is 5.34. The van der Waals surface area contributed by atoms with Crippen molar-refractivity contribution in [3.05, 3.63) is 23.8 Å². The van der Waals surface area contributed by atoms with E-state index in [1.165, 1.54) is 7.11 Å². The summed E-state index contributed by atoms with van der Waals surface area (Å²) in [4.78, 5) is 0. The van der Waals surface area contributed by atoms with Gasteiger partial charge < -0.3 is 15.2 Å². The quantitative estimate of drug-likeness (QED) is 0.825. The molecule has 5 heteroatoms. The van der Waals surface area contributed by atoms with E-state index in [-0.39, 0.29) is 29.9 Å². The maximum absolute atomic E-state index is 13.6. The summed E-state index contributed by atoms with van der Waals surface area (Å²) in [6, 6.07) is 2.06. The number of aliphatic hydroxyl groups excluding tert-OH is 1. The molecule has 0 bridgehead atoms. The van der Waals surface area contributed by atoms with Gasteiger partial charge in [-0.1, -0.05) is 13.8 Å². The van der Waals surface area contributed by atoms with Crippen LogP contribution in [0, 0.1) is 23.5 Å². The highest BCUT2D eigenvalue weighted by Crippen LogP contribution is 2.25. The van der Waals surface area contributed by atoms with Crippen LogP contribution < -0.4 is 10.1 Å². The Labute approximate surface area is 106 Å². The van der Waals surface area contributed by atoms with Crippen LogP contribution in [0.3, 0.4) is 0 Å². The lowest BCUT2D eigenvalue weighted by Gasteiger charge is -2.19. The molecule has 1 rings (SSSR count). The zero-order valence-electron chi connectivity index (χ0n) is 10.8. The molecule has 0 heterocycles. The number of nitrogens with one attached hydrogen (secondary N) is 1. The van der Waals surface area contributed by atoms with Crippen molar-refractivity contribution >= 4 is 5.69 Å². The minimum Gasteiger partial charge on any atom is -0.494 e. The van der Waals surface area contributed by atoms with Crippen LogP contribution in [-0.4, -0.2) is 25.4 Å². The van der Waals surface area contributed by atoms with Crippen molar-refractivity contribution in [3.63, 3.8) is 0 Å². The van der Waals surface area contributed by atoms with Crippen molar-refractivity contribution < 1.29 is 18.6 Å². The van der Waals surface area contributed by atoms with Crippen molar-refractivity contribution in [2.24, 2.45) is 11.8 Å². The van der Waals surface area contributed by atoms with E-state index in [1.807, 2.05) is 13.8 Å². The molecular formula is C13H19F2NO2. The topological polar surface area (TPSA) is 41.5 Å². The second-order valence-corrected chi connectivity index (χ2v) is 4.53. The second kappa shape index (κ2) is 6.54. The number of methoxy groups -OCH3 is 1. The van der Waals surface area contributed by atoms with Gasteiger partial charge in [0, 0.05) is 31.2 Å². The molecule has 0 aliphatic carbocycles. The van der Waals surface area contributed by atoms with Gasteiger partial charge in [0.15, 0.2) is 11.6 Å². The van der Waals surface area contributed by atoms with Crippen LogP contribution in [-0.2, 0) is 0 Å². The Balaban J connectivity index is 2.76. The van der Waals surface area contributed by atoms with Crippen molar-refractivity contribution in [3.8, 4) is 5.75 Å². The van der Waals surface area contributed by atoms with Crippen molar-refractivity contribution in [1.29, 1.82) is 0 Å². The Bertz CT molecular complexity index is 397. The molecule has 0 saturated carbocycles. The zero-order valence-corrected chi connectivity index (χ0v) is 10.8. The van der Waals surface area contributed by atoms with E-state index in [4.69, 9.17) is 5.11 Å². The summed E-state index contributed by atoms with van der Waals surface area (Å²) in [5.74, 6) is -1.07. The molecule has 1 unspecified atom stereocenters. The molecule has 0 aliphatic rings. The molecule has 1 aromatic rings. The fourth-order valence-corrected chi connectivity index (χ4v) is 1.57. The highest BCUT2D eigenvalue weighted by molar-refractivity contribution is 5.48. The van der Waals surface area contributed by atoms with Gasteiger partial charge in [0.25, 0.3) is 0 Å². The molecule has 1 atom stereocenters. The zero-order chi connectivity index (χ0) is 13.7. The first kappa shape index (κ1) is 14.7. The molecule has 0 aliphatic heterocycles. The molecule has 102 valence electrons. The molecule has 2 N–H and O–H groups in total. The molecular weight excluding hydrogens is 240 g/mol. The first-order chi connectivity index (χ1) is 8.49. The molecule has 0 radical (unpaired) electrons. The number of anilines is 1. The number of hydrogen-bond acceptors (Lipinski definition) is 3. The van der Waals surface area contributed by atoms with Crippen LogP contribution in [0.5, 0.6) is 5.75 Å². The Hall–Kier alpha value is -1.36. The predicted octanol–water partition coefficient (Wildman–Crippen LogP) is 2.65. The summed E-state index contributed by atoms with van der Waals surface area (Å²) in [5, 5.41) is 12.0. The SMILES string of the molecule is COc1cc(F)c(NCC(CO)C(C)C)cc1F. The summed E-state index contributed by atoms with van der Waals surface area (Å²) in [5.41, 5.74) is 0.0763. The molecule has 0 fully saturated rings. The minimum atomic E-state index is -0.619. The van der Waals surface area contributed by atoms with Gasteiger partial charge in [0.05, 0.1) is 12.8 Å². The molecule has 1 aromatic carbocycles. The summed E-state index contributed by atoms with van der Waals surface area (Å²) in [6.45, 7) is 4.32. The lowest BCUT2D eigenvalue weighted by Crippen LogP contribution is -2.23. The average Bonchev–Trinajstić information content (AvgIpc) is 2.33. The van der Waals surface area contributed by atoms with E-state index >= 15 is 0 Å². The highest BCUT2D eigenvalue weighted by atomic mass is 19.1. The minimum absolute atomic E-state index is 0.00488. The lowest BCUT2D eigenvalue weighted by atomic mass is 9.97. The van der Waals surface area contributed by atoms with Gasteiger partial charge in [0.1, 0.15) is 5.82 Å². The molecule has 0 aromatic heterocycles. The average molecular weight is 259 g/mol. The molecule has 18 heavy (non-hydrogen) atoms. The standard InChI is InChI=1S/C13H19F2NO2/c1-8(2)9(7-17)6-16-12-4-11(15)13(18-3)5-10(12)14/h4-5,8-9,16-17H,6-7H2,1-3H3. The summed E-state index contributed by atoms with van der Waals surface area (Å²) < 4.78 is 31.7.